The molecule has 2 rings (SSSR count). The zero-order valence-electron chi connectivity index (χ0n) is 11.1. The van der Waals surface area contributed by atoms with Gasteiger partial charge in [0, 0.05) is 18.9 Å². The number of carbonyl (C=O) groups is 1. The number of carboxylic acids is 1. The van der Waals surface area contributed by atoms with Crippen molar-refractivity contribution in [2.24, 2.45) is 7.05 Å². The summed E-state index contributed by atoms with van der Waals surface area (Å²) in [4.78, 5) is 10.4. The quantitative estimate of drug-likeness (QED) is 0.812. The SMILES string of the molecule is Cn1cc(S(=O)(=O)Nc2ccc(OCC(=O)O)cc2)cn1. The first-order valence-corrected chi connectivity index (χ1v) is 7.31. The van der Waals surface area contributed by atoms with Crippen LogP contribution >= 0.6 is 0 Å². The molecule has 0 bridgehead atoms. The molecule has 9 heteroatoms. The van der Waals surface area contributed by atoms with Crippen LogP contribution in [0.3, 0.4) is 0 Å². The molecule has 0 saturated carbocycles. The molecule has 0 atom stereocenters. The van der Waals surface area contributed by atoms with Crippen molar-refractivity contribution >= 4 is 21.7 Å². The molecule has 21 heavy (non-hydrogen) atoms. The molecule has 1 heterocycles. The molecule has 0 amide bonds. The number of nitrogens with one attached hydrogen (secondary N) is 1. The molecule has 0 aliphatic heterocycles. The Morgan fingerprint density at radius 3 is 2.57 bits per heavy atom. The highest BCUT2D eigenvalue weighted by molar-refractivity contribution is 7.92. The van der Waals surface area contributed by atoms with E-state index in [1.54, 1.807) is 7.05 Å². The van der Waals surface area contributed by atoms with Crippen LogP contribution in [0.4, 0.5) is 5.69 Å². The predicted octanol–water partition coefficient (Wildman–Crippen LogP) is 0.684. The summed E-state index contributed by atoms with van der Waals surface area (Å²) in [6.45, 7) is -0.458. The monoisotopic (exact) mass is 311 g/mol. The number of aryl methyl sites for hydroxylation is 1. The first-order chi connectivity index (χ1) is 9.87. The van der Waals surface area contributed by atoms with Crippen molar-refractivity contribution in [2.45, 2.75) is 4.90 Å². The van der Waals surface area contributed by atoms with E-state index in [0.717, 1.165) is 0 Å². The van der Waals surface area contributed by atoms with E-state index in [9.17, 15) is 13.2 Å². The minimum Gasteiger partial charge on any atom is -0.482 e. The predicted molar refractivity (Wildman–Crippen MR) is 73.6 cm³/mol. The molecular weight excluding hydrogens is 298 g/mol. The molecule has 2 aromatic rings. The Kier molecular flexibility index (Phi) is 4.13. The van der Waals surface area contributed by atoms with E-state index in [-0.39, 0.29) is 4.90 Å². The molecule has 1 aromatic carbocycles. The van der Waals surface area contributed by atoms with Crippen molar-refractivity contribution in [3.63, 3.8) is 0 Å². The minimum absolute atomic E-state index is 0.0520. The van der Waals surface area contributed by atoms with Gasteiger partial charge in [0.1, 0.15) is 10.6 Å². The first-order valence-electron chi connectivity index (χ1n) is 5.83. The number of hydrogen-bond donors (Lipinski definition) is 2. The van der Waals surface area contributed by atoms with Gasteiger partial charge in [0.2, 0.25) is 0 Å². The number of rotatable bonds is 6. The number of sulfonamides is 1. The van der Waals surface area contributed by atoms with Gasteiger partial charge in [-0.3, -0.25) is 9.40 Å². The number of hydrogen-bond acceptors (Lipinski definition) is 5. The number of benzene rings is 1. The molecule has 0 spiro atoms. The van der Waals surface area contributed by atoms with E-state index >= 15 is 0 Å². The molecule has 2 N–H and O–H groups in total. The van der Waals surface area contributed by atoms with Gasteiger partial charge in [0.15, 0.2) is 6.61 Å². The second kappa shape index (κ2) is 5.83. The lowest BCUT2D eigenvalue weighted by molar-refractivity contribution is -0.139. The van der Waals surface area contributed by atoms with Crippen molar-refractivity contribution in [1.29, 1.82) is 0 Å². The van der Waals surface area contributed by atoms with E-state index in [0.29, 0.717) is 11.4 Å². The summed E-state index contributed by atoms with van der Waals surface area (Å²) in [5, 5.41) is 12.3. The zero-order valence-corrected chi connectivity index (χ0v) is 11.9. The highest BCUT2D eigenvalue weighted by Crippen LogP contribution is 2.19. The van der Waals surface area contributed by atoms with Gasteiger partial charge in [-0.2, -0.15) is 5.10 Å². The summed E-state index contributed by atoms with van der Waals surface area (Å²) >= 11 is 0. The van der Waals surface area contributed by atoms with E-state index in [1.807, 2.05) is 0 Å². The number of carboxylic acid groups (broad SMARTS) is 1. The highest BCUT2D eigenvalue weighted by Gasteiger charge is 2.16. The van der Waals surface area contributed by atoms with Crippen LogP contribution in [0.15, 0.2) is 41.6 Å². The molecule has 112 valence electrons. The Morgan fingerprint density at radius 2 is 2.05 bits per heavy atom. The number of ether oxygens (including phenoxy) is 1. The highest BCUT2D eigenvalue weighted by atomic mass is 32.2. The third kappa shape index (κ3) is 3.96. The Balaban J connectivity index is 2.08. The summed E-state index contributed by atoms with van der Waals surface area (Å²) in [6, 6.07) is 5.91. The first kappa shape index (κ1) is 14.9. The fourth-order valence-electron chi connectivity index (χ4n) is 1.52. The molecule has 0 fully saturated rings. The number of nitrogens with zero attached hydrogens (tertiary/aromatic N) is 2. The van der Waals surface area contributed by atoms with Gasteiger partial charge < -0.3 is 9.84 Å². The molecule has 0 radical (unpaired) electrons. The normalized spacial score (nSPS) is 11.1. The van der Waals surface area contributed by atoms with E-state index in [2.05, 4.69) is 9.82 Å². The summed E-state index contributed by atoms with van der Waals surface area (Å²) in [5.74, 6) is -0.752. The molecule has 0 unspecified atom stereocenters. The number of aliphatic carboxylic acids is 1. The van der Waals surface area contributed by atoms with Crippen molar-refractivity contribution in [1.82, 2.24) is 9.78 Å². The fraction of sp³-hybridized carbons (Fsp3) is 0.167. The van der Waals surface area contributed by atoms with Crippen molar-refractivity contribution in [3.05, 3.63) is 36.7 Å². The topological polar surface area (TPSA) is 111 Å². The zero-order chi connectivity index (χ0) is 15.5. The lowest BCUT2D eigenvalue weighted by atomic mass is 10.3. The van der Waals surface area contributed by atoms with Gasteiger partial charge in [0.05, 0.1) is 6.20 Å². The van der Waals surface area contributed by atoms with Crippen LogP contribution in [-0.4, -0.2) is 35.9 Å². The summed E-state index contributed by atoms with van der Waals surface area (Å²) < 4.78 is 32.8. The van der Waals surface area contributed by atoms with Gasteiger partial charge in [0.25, 0.3) is 10.0 Å². The minimum atomic E-state index is -3.70. The maximum Gasteiger partial charge on any atom is 0.341 e. The van der Waals surface area contributed by atoms with Crippen LogP contribution < -0.4 is 9.46 Å². The maximum absolute atomic E-state index is 12.0. The van der Waals surface area contributed by atoms with E-state index < -0.39 is 22.6 Å². The average molecular weight is 311 g/mol. The van der Waals surface area contributed by atoms with Crippen LogP contribution in [0.1, 0.15) is 0 Å². The second-order valence-electron chi connectivity index (χ2n) is 4.16. The van der Waals surface area contributed by atoms with Crippen LogP contribution in [-0.2, 0) is 21.9 Å². The van der Waals surface area contributed by atoms with Crippen molar-refractivity contribution in [3.8, 4) is 5.75 Å². The van der Waals surface area contributed by atoms with Crippen molar-refractivity contribution in [2.75, 3.05) is 11.3 Å². The number of anilines is 1. The third-order valence-electron chi connectivity index (χ3n) is 2.46. The number of aromatic nitrogens is 2. The van der Waals surface area contributed by atoms with E-state index in [1.165, 1.54) is 41.3 Å². The second-order valence-corrected chi connectivity index (χ2v) is 5.84. The van der Waals surface area contributed by atoms with Gasteiger partial charge in [-0.05, 0) is 24.3 Å². The summed E-state index contributed by atoms with van der Waals surface area (Å²) in [7, 11) is -2.08. The molecule has 8 nitrogen and oxygen atoms in total. The molecule has 0 aliphatic rings. The Morgan fingerprint density at radius 1 is 1.38 bits per heavy atom. The molecule has 0 aliphatic carbocycles. The molecule has 0 saturated heterocycles. The third-order valence-corrected chi connectivity index (χ3v) is 3.80. The van der Waals surface area contributed by atoms with Gasteiger partial charge >= 0.3 is 5.97 Å². The van der Waals surface area contributed by atoms with Crippen LogP contribution in [0.2, 0.25) is 0 Å². The van der Waals surface area contributed by atoms with E-state index in [4.69, 9.17) is 9.84 Å². The lowest BCUT2D eigenvalue weighted by Crippen LogP contribution is -2.12. The fourth-order valence-corrected chi connectivity index (χ4v) is 2.56. The standard InChI is InChI=1S/C12H13N3O5S/c1-15-7-11(6-13-15)21(18,19)14-9-2-4-10(5-3-9)20-8-12(16)17/h2-7,14H,8H2,1H3,(H,16,17). The Hall–Kier alpha value is -2.55. The van der Waals surface area contributed by atoms with Crippen LogP contribution in [0, 0.1) is 0 Å². The summed E-state index contributed by atoms with van der Waals surface area (Å²) in [6.07, 6.45) is 2.62. The summed E-state index contributed by atoms with van der Waals surface area (Å²) in [5.41, 5.74) is 0.335. The molecule has 1 aromatic heterocycles. The van der Waals surface area contributed by atoms with Gasteiger partial charge in [-0.15, -0.1) is 0 Å². The Bertz CT molecular complexity index is 737. The maximum atomic E-state index is 12.0. The van der Waals surface area contributed by atoms with Crippen LogP contribution in [0.25, 0.3) is 0 Å². The molecular formula is C12H13N3O5S. The largest absolute Gasteiger partial charge is 0.482 e. The Labute approximate surface area is 121 Å². The smallest absolute Gasteiger partial charge is 0.341 e. The lowest BCUT2D eigenvalue weighted by Gasteiger charge is -2.07. The van der Waals surface area contributed by atoms with Gasteiger partial charge in [-0.1, -0.05) is 0 Å². The van der Waals surface area contributed by atoms with Crippen molar-refractivity contribution < 1.29 is 23.1 Å². The van der Waals surface area contributed by atoms with Crippen LogP contribution in [0.5, 0.6) is 5.75 Å². The van der Waals surface area contributed by atoms with Gasteiger partial charge in [-0.25, -0.2) is 13.2 Å². The average Bonchev–Trinajstić information content (AvgIpc) is 2.85.